The second-order valence-corrected chi connectivity index (χ2v) is 7.13. The van der Waals surface area contributed by atoms with Gasteiger partial charge in [0.15, 0.2) is 17.6 Å². The number of benzene rings is 2. The second-order valence-electron chi connectivity index (χ2n) is 7.13. The summed E-state index contributed by atoms with van der Waals surface area (Å²) in [6.07, 6.45) is -1.87. The molecule has 6 nitrogen and oxygen atoms in total. The van der Waals surface area contributed by atoms with Gasteiger partial charge in [-0.05, 0) is 43.0 Å². The van der Waals surface area contributed by atoms with Gasteiger partial charge in [-0.1, -0.05) is 44.2 Å². The Morgan fingerprint density at radius 3 is 2.50 bits per heavy atom. The normalized spacial score (nSPS) is 16.4. The lowest BCUT2D eigenvalue weighted by Gasteiger charge is -2.26. The summed E-state index contributed by atoms with van der Waals surface area (Å²) in [5.74, 6) is 0.293. The molecule has 1 N–H and O–H groups in total. The minimum Gasteiger partial charge on any atom is -0.485 e. The molecule has 0 saturated carbocycles. The third-order valence-corrected chi connectivity index (χ3v) is 4.61. The van der Waals surface area contributed by atoms with Gasteiger partial charge in [0.05, 0.1) is 0 Å². The number of anilines is 1. The maximum absolute atomic E-state index is 12.6. The molecule has 0 aromatic heterocycles. The van der Waals surface area contributed by atoms with Crippen LogP contribution in [0.5, 0.6) is 11.5 Å². The fraction of sp³-hybridized carbons (Fsp3) is 0.364. The van der Waals surface area contributed by atoms with Crippen LogP contribution in [0.1, 0.15) is 37.8 Å². The summed E-state index contributed by atoms with van der Waals surface area (Å²) < 4.78 is 16.5. The van der Waals surface area contributed by atoms with E-state index in [1.54, 1.807) is 18.2 Å². The van der Waals surface area contributed by atoms with Crippen molar-refractivity contribution in [2.75, 3.05) is 11.9 Å². The van der Waals surface area contributed by atoms with Crippen molar-refractivity contribution in [3.05, 3.63) is 53.6 Å². The number of esters is 1. The molecule has 0 fully saturated rings. The zero-order valence-corrected chi connectivity index (χ0v) is 16.5. The minimum atomic E-state index is -0.965. The average Bonchev–Trinajstić information content (AvgIpc) is 2.68. The molecule has 28 heavy (non-hydrogen) atoms. The predicted octanol–water partition coefficient (Wildman–Crippen LogP) is 3.83. The maximum Gasteiger partial charge on any atom is 0.351 e. The zero-order chi connectivity index (χ0) is 20.3. The summed E-state index contributed by atoms with van der Waals surface area (Å²) in [6, 6.07) is 13.0. The molecule has 2 aromatic rings. The molecule has 2 atom stereocenters. The van der Waals surface area contributed by atoms with Crippen LogP contribution in [0.25, 0.3) is 0 Å². The Balaban J connectivity index is 1.63. The van der Waals surface area contributed by atoms with Gasteiger partial charge in [0.2, 0.25) is 6.10 Å². The highest BCUT2D eigenvalue weighted by Crippen LogP contribution is 2.31. The molecule has 1 heterocycles. The number of amides is 1. The van der Waals surface area contributed by atoms with E-state index in [9.17, 15) is 9.59 Å². The van der Waals surface area contributed by atoms with Crippen molar-refractivity contribution in [3.8, 4) is 11.5 Å². The first kappa shape index (κ1) is 19.7. The van der Waals surface area contributed by atoms with Crippen LogP contribution < -0.4 is 14.8 Å². The van der Waals surface area contributed by atoms with Crippen molar-refractivity contribution in [2.45, 2.75) is 45.8 Å². The number of para-hydroxylation sites is 3. The van der Waals surface area contributed by atoms with E-state index in [1.165, 1.54) is 6.92 Å². The molecule has 0 saturated heterocycles. The van der Waals surface area contributed by atoms with E-state index in [-0.39, 0.29) is 18.4 Å². The first-order valence-corrected chi connectivity index (χ1v) is 9.36. The lowest BCUT2D eigenvalue weighted by Crippen LogP contribution is -2.41. The number of aryl methyl sites for hydroxylation is 1. The number of ether oxygens (including phenoxy) is 3. The summed E-state index contributed by atoms with van der Waals surface area (Å²) in [6.45, 7) is 7.64. The molecular weight excluding hydrogens is 358 g/mol. The van der Waals surface area contributed by atoms with Crippen LogP contribution in [-0.4, -0.2) is 30.7 Å². The van der Waals surface area contributed by atoms with Gasteiger partial charge in [0, 0.05) is 5.69 Å². The van der Waals surface area contributed by atoms with Crippen LogP contribution in [-0.2, 0) is 14.3 Å². The van der Waals surface area contributed by atoms with Gasteiger partial charge < -0.3 is 19.5 Å². The van der Waals surface area contributed by atoms with Crippen molar-refractivity contribution in [1.82, 2.24) is 0 Å². The molecule has 0 bridgehead atoms. The smallest absolute Gasteiger partial charge is 0.351 e. The number of hydrogen-bond donors (Lipinski definition) is 1. The fourth-order valence-corrected chi connectivity index (χ4v) is 3.01. The van der Waals surface area contributed by atoms with E-state index >= 15 is 0 Å². The van der Waals surface area contributed by atoms with Crippen LogP contribution in [0.2, 0.25) is 0 Å². The Hall–Kier alpha value is -3.02. The van der Waals surface area contributed by atoms with Gasteiger partial charge in [-0.2, -0.15) is 0 Å². The van der Waals surface area contributed by atoms with Crippen molar-refractivity contribution in [2.24, 2.45) is 0 Å². The standard InChI is InChI=1S/C22H25NO5/c1-13(2)16-9-7-8-14(3)20(16)23-21(24)15(4)27-22(25)19-12-26-17-10-5-6-11-18(17)28-19/h5-11,13,15,19H,12H2,1-4H3,(H,23,24)/t15-,19-/m0/s1. The van der Waals surface area contributed by atoms with Gasteiger partial charge in [-0.15, -0.1) is 0 Å². The SMILES string of the molecule is Cc1cccc(C(C)C)c1NC(=O)[C@H](C)OC(=O)[C@@H]1COc2ccccc2O1. The Labute approximate surface area is 164 Å². The fourth-order valence-electron chi connectivity index (χ4n) is 3.01. The Bertz CT molecular complexity index is 877. The van der Waals surface area contributed by atoms with Gasteiger partial charge in [0.1, 0.15) is 6.61 Å². The zero-order valence-electron chi connectivity index (χ0n) is 16.5. The van der Waals surface area contributed by atoms with E-state index in [4.69, 9.17) is 14.2 Å². The van der Waals surface area contributed by atoms with Crippen molar-refractivity contribution < 1.29 is 23.8 Å². The highest BCUT2D eigenvalue weighted by Gasteiger charge is 2.31. The summed E-state index contributed by atoms with van der Waals surface area (Å²) in [5, 5.41) is 2.90. The largest absolute Gasteiger partial charge is 0.485 e. The lowest BCUT2D eigenvalue weighted by atomic mass is 9.98. The molecule has 6 heteroatoms. The van der Waals surface area contributed by atoms with Gasteiger partial charge >= 0.3 is 5.97 Å². The van der Waals surface area contributed by atoms with E-state index < -0.39 is 18.2 Å². The van der Waals surface area contributed by atoms with E-state index in [2.05, 4.69) is 19.2 Å². The van der Waals surface area contributed by atoms with Gasteiger partial charge in [-0.25, -0.2) is 4.79 Å². The Morgan fingerprint density at radius 1 is 1.07 bits per heavy atom. The first-order valence-electron chi connectivity index (χ1n) is 9.36. The summed E-state index contributed by atoms with van der Waals surface area (Å²) in [5.41, 5.74) is 2.75. The van der Waals surface area contributed by atoms with Crippen LogP contribution in [0.3, 0.4) is 0 Å². The Morgan fingerprint density at radius 2 is 1.79 bits per heavy atom. The monoisotopic (exact) mass is 383 g/mol. The van der Waals surface area contributed by atoms with Gasteiger partial charge in [0.25, 0.3) is 5.91 Å². The van der Waals surface area contributed by atoms with Crippen molar-refractivity contribution in [1.29, 1.82) is 0 Å². The van der Waals surface area contributed by atoms with Crippen LogP contribution in [0.15, 0.2) is 42.5 Å². The molecule has 1 amide bonds. The summed E-state index contributed by atoms with van der Waals surface area (Å²) in [7, 11) is 0. The number of hydrogen-bond acceptors (Lipinski definition) is 5. The quantitative estimate of drug-likeness (QED) is 0.795. The molecule has 0 spiro atoms. The third kappa shape index (κ3) is 4.27. The maximum atomic E-state index is 12.6. The molecule has 0 radical (unpaired) electrons. The number of rotatable bonds is 5. The van der Waals surface area contributed by atoms with E-state index in [0.29, 0.717) is 11.5 Å². The first-order chi connectivity index (χ1) is 13.4. The molecule has 1 aliphatic rings. The van der Waals surface area contributed by atoms with E-state index in [0.717, 1.165) is 16.8 Å². The lowest BCUT2D eigenvalue weighted by molar-refractivity contribution is -0.162. The number of carbonyl (C=O) groups excluding carboxylic acids is 2. The van der Waals surface area contributed by atoms with Crippen LogP contribution >= 0.6 is 0 Å². The average molecular weight is 383 g/mol. The highest BCUT2D eigenvalue weighted by molar-refractivity contribution is 5.96. The summed E-state index contributed by atoms with van der Waals surface area (Å²) >= 11 is 0. The minimum absolute atomic E-state index is 0.0411. The molecule has 2 aromatic carbocycles. The van der Waals surface area contributed by atoms with Crippen molar-refractivity contribution >= 4 is 17.6 Å². The number of carbonyl (C=O) groups is 2. The number of nitrogens with one attached hydrogen (secondary N) is 1. The number of fused-ring (bicyclic) bond motifs is 1. The van der Waals surface area contributed by atoms with Crippen LogP contribution in [0, 0.1) is 6.92 Å². The van der Waals surface area contributed by atoms with Gasteiger partial charge in [-0.3, -0.25) is 4.79 Å². The topological polar surface area (TPSA) is 73.9 Å². The molecule has 1 aliphatic heterocycles. The molecule has 3 rings (SSSR count). The van der Waals surface area contributed by atoms with Crippen LogP contribution in [0.4, 0.5) is 5.69 Å². The second kappa shape index (κ2) is 8.33. The molecule has 0 unspecified atom stereocenters. The van der Waals surface area contributed by atoms with Crippen molar-refractivity contribution in [3.63, 3.8) is 0 Å². The molecule has 148 valence electrons. The third-order valence-electron chi connectivity index (χ3n) is 4.61. The Kier molecular flexibility index (Phi) is 5.87. The highest BCUT2D eigenvalue weighted by atomic mass is 16.6. The molecule has 0 aliphatic carbocycles. The van der Waals surface area contributed by atoms with E-state index in [1.807, 2.05) is 31.2 Å². The molecular formula is C22H25NO5. The summed E-state index contributed by atoms with van der Waals surface area (Å²) in [4.78, 5) is 25.0. The predicted molar refractivity (Wildman–Crippen MR) is 106 cm³/mol.